The standard InChI is InChI=1S/C23H23FN6O4/c24-15-1-3-17(4-2-15)34-20-6-5-18(11-26-20)33-19-7-8-30(22(19)32)16-9-27-23(28-10-16)29-12-14(13-29)21(25)31/h1-6,9-11,14,19,21,31H,7-8,12-13,25H2/t19-,21?/m1/s1. The third-order valence-electron chi connectivity index (χ3n) is 5.79. The molecule has 3 N–H and O–H groups in total. The number of ether oxygens (including phenoxy) is 2. The van der Waals surface area contributed by atoms with Gasteiger partial charge in [0.05, 0.1) is 24.3 Å². The molecule has 2 atom stereocenters. The average Bonchev–Trinajstić information content (AvgIpc) is 3.16. The summed E-state index contributed by atoms with van der Waals surface area (Å²) >= 11 is 0. The molecular formula is C23H23FN6O4. The summed E-state index contributed by atoms with van der Waals surface area (Å²) in [6, 6.07) is 8.90. The van der Waals surface area contributed by atoms with Crippen molar-refractivity contribution in [3.05, 3.63) is 60.8 Å². The Labute approximate surface area is 194 Å². The number of hydrogen-bond donors (Lipinski definition) is 2. The quantitative estimate of drug-likeness (QED) is 0.500. The van der Waals surface area contributed by atoms with E-state index in [1.54, 1.807) is 29.4 Å². The van der Waals surface area contributed by atoms with E-state index >= 15 is 0 Å². The van der Waals surface area contributed by atoms with Crippen LogP contribution in [0.3, 0.4) is 0 Å². The van der Waals surface area contributed by atoms with Crippen molar-refractivity contribution in [2.24, 2.45) is 11.7 Å². The van der Waals surface area contributed by atoms with Crippen molar-refractivity contribution in [3.63, 3.8) is 0 Å². The van der Waals surface area contributed by atoms with Gasteiger partial charge in [0, 0.05) is 38.0 Å². The minimum Gasteiger partial charge on any atom is -0.479 e. The second-order valence-electron chi connectivity index (χ2n) is 8.17. The Morgan fingerprint density at radius 1 is 1.03 bits per heavy atom. The molecule has 2 saturated heterocycles. The maximum Gasteiger partial charge on any atom is 0.268 e. The molecule has 4 heterocycles. The fraction of sp³-hybridized carbons (Fsp3) is 0.304. The average molecular weight is 466 g/mol. The van der Waals surface area contributed by atoms with E-state index in [9.17, 15) is 14.3 Å². The van der Waals surface area contributed by atoms with Gasteiger partial charge in [0.25, 0.3) is 5.91 Å². The van der Waals surface area contributed by atoms with E-state index in [1.165, 1.54) is 30.5 Å². The van der Waals surface area contributed by atoms with Crippen LogP contribution in [0.2, 0.25) is 0 Å². The summed E-state index contributed by atoms with van der Waals surface area (Å²) in [5.74, 6) is 1.24. The summed E-state index contributed by atoms with van der Waals surface area (Å²) in [5.41, 5.74) is 6.08. The lowest BCUT2D eigenvalue weighted by Gasteiger charge is -2.40. The Morgan fingerprint density at radius 2 is 1.74 bits per heavy atom. The first-order chi connectivity index (χ1) is 16.5. The number of aromatic nitrogens is 3. The topological polar surface area (TPSA) is 127 Å². The van der Waals surface area contributed by atoms with Gasteiger partial charge in [-0.1, -0.05) is 0 Å². The molecule has 2 fully saturated rings. The molecule has 1 amide bonds. The third kappa shape index (κ3) is 4.61. The van der Waals surface area contributed by atoms with Crippen LogP contribution >= 0.6 is 0 Å². The van der Waals surface area contributed by atoms with Crippen LogP contribution in [-0.2, 0) is 4.79 Å². The Kier molecular flexibility index (Phi) is 5.95. The molecule has 2 aliphatic rings. The summed E-state index contributed by atoms with van der Waals surface area (Å²) in [6.07, 6.45) is 3.72. The van der Waals surface area contributed by atoms with E-state index in [-0.39, 0.29) is 17.6 Å². The molecule has 176 valence electrons. The van der Waals surface area contributed by atoms with Crippen molar-refractivity contribution in [1.82, 2.24) is 15.0 Å². The zero-order valence-electron chi connectivity index (χ0n) is 18.1. The molecule has 0 saturated carbocycles. The predicted molar refractivity (Wildman–Crippen MR) is 120 cm³/mol. The number of anilines is 2. The van der Waals surface area contributed by atoms with Gasteiger partial charge in [-0.25, -0.2) is 19.3 Å². The molecule has 5 rings (SSSR count). The number of carbonyl (C=O) groups excluding carboxylic acids is 1. The first-order valence-corrected chi connectivity index (χ1v) is 10.8. The van der Waals surface area contributed by atoms with E-state index in [2.05, 4.69) is 15.0 Å². The number of pyridine rings is 1. The van der Waals surface area contributed by atoms with Crippen LogP contribution in [0.15, 0.2) is 55.0 Å². The summed E-state index contributed by atoms with van der Waals surface area (Å²) < 4.78 is 24.4. The predicted octanol–water partition coefficient (Wildman–Crippen LogP) is 1.70. The van der Waals surface area contributed by atoms with Crippen molar-refractivity contribution in [2.75, 3.05) is 29.4 Å². The number of rotatable bonds is 7. The summed E-state index contributed by atoms with van der Waals surface area (Å²) in [6.45, 7) is 1.67. The van der Waals surface area contributed by atoms with Gasteiger partial charge in [0.1, 0.15) is 23.5 Å². The number of aliphatic hydroxyl groups excluding tert-OH is 1. The highest BCUT2D eigenvalue weighted by atomic mass is 19.1. The highest BCUT2D eigenvalue weighted by Crippen LogP contribution is 2.27. The second kappa shape index (κ2) is 9.20. The van der Waals surface area contributed by atoms with Gasteiger partial charge in [0.2, 0.25) is 11.8 Å². The van der Waals surface area contributed by atoms with Gasteiger partial charge in [-0.2, -0.15) is 0 Å². The molecule has 0 radical (unpaired) electrons. The normalized spacial score (nSPS) is 19.1. The summed E-state index contributed by atoms with van der Waals surface area (Å²) in [4.78, 5) is 29.2. The van der Waals surface area contributed by atoms with E-state index in [1.807, 2.05) is 4.90 Å². The SMILES string of the molecule is NC(O)C1CN(c2ncc(N3CC[C@@H](Oc4ccc(Oc5ccc(F)cc5)nc4)C3=O)cn2)C1. The van der Waals surface area contributed by atoms with Gasteiger partial charge >= 0.3 is 0 Å². The number of nitrogens with zero attached hydrogens (tertiary/aromatic N) is 5. The molecule has 0 aliphatic carbocycles. The maximum absolute atomic E-state index is 13.0. The van der Waals surface area contributed by atoms with Crippen LogP contribution in [0, 0.1) is 11.7 Å². The number of halogens is 1. The first kappa shape index (κ1) is 22.0. The number of nitrogens with two attached hydrogens (primary N) is 1. The molecule has 11 heteroatoms. The van der Waals surface area contributed by atoms with Gasteiger partial charge in [-0.15, -0.1) is 0 Å². The zero-order valence-corrected chi connectivity index (χ0v) is 18.1. The fourth-order valence-corrected chi connectivity index (χ4v) is 3.81. The monoisotopic (exact) mass is 466 g/mol. The molecule has 2 aromatic heterocycles. The number of amides is 1. The Morgan fingerprint density at radius 3 is 2.38 bits per heavy atom. The van der Waals surface area contributed by atoms with Crippen molar-refractivity contribution in [1.29, 1.82) is 0 Å². The summed E-state index contributed by atoms with van der Waals surface area (Å²) in [7, 11) is 0. The van der Waals surface area contributed by atoms with Crippen LogP contribution in [0.4, 0.5) is 16.0 Å². The molecule has 1 unspecified atom stereocenters. The maximum atomic E-state index is 13.0. The Hall–Kier alpha value is -3.83. The Bertz CT molecular complexity index is 1140. The molecule has 0 spiro atoms. The van der Waals surface area contributed by atoms with Crippen molar-refractivity contribution >= 4 is 17.5 Å². The lowest BCUT2D eigenvalue weighted by molar-refractivity contribution is -0.122. The highest BCUT2D eigenvalue weighted by Gasteiger charge is 2.36. The number of aliphatic hydroxyl groups is 1. The molecule has 34 heavy (non-hydrogen) atoms. The van der Waals surface area contributed by atoms with Crippen molar-refractivity contribution in [2.45, 2.75) is 18.8 Å². The third-order valence-corrected chi connectivity index (χ3v) is 5.79. The van der Waals surface area contributed by atoms with Crippen molar-refractivity contribution < 1.29 is 23.8 Å². The van der Waals surface area contributed by atoms with Gasteiger partial charge in [0.15, 0.2) is 6.10 Å². The van der Waals surface area contributed by atoms with Crippen LogP contribution in [0.1, 0.15) is 6.42 Å². The van der Waals surface area contributed by atoms with E-state index in [0.717, 1.165) is 0 Å². The van der Waals surface area contributed by atoms with E-state index < -0.39 is 12.3 Å². The largest absolute Gasteiger partial charge is 0.479 e. The van der Waals surface area contributed by atoms with Crippen LogP contribution in [-0.4, -0.2) is 57.9 Å². The van der Waals surface area contributed by atoms with Gasteiger partial charge in [-0.05, 0) is 30.3 Å². The summed E-state index contributed by atoms with van der Waals surface area (Å²) in [5, 5.41) is 9.40. The van der Waals surface area contributed by atoms with Crippen LogP contribution in [0.25, 0.3) is 0 Å². The van der Waals surface area contributed by atoms with Gasteiger partial charge < -0.3 is 30.1 Å². The van der Waals surface area contributed by atoms with Crippen LogP contribution < -0.4 is 25.0 Å². The highest BCUT2D eigenvalue weighted by molar-refractivity contribution is 5.98. The second-order valence-corrected chi connectivity index (χ2v) is 8.17. The van der Waals surface area contributed by atoms with Gasteiger partial charge in [-0.3, -0.25) is 4.79 Å². The minimum atomic E-state index is -0.844. The minimum absolute atomic E-state index is 0.0133. The van der Waals surface area contributed by atoms with Crippen LogP contribution in [0.5, 0.6) is 17.4 Å². The van der Waals surface area contributed by atoms with E-state index in [4.69, 9.17) is 15.2 Å². The molecule has 1 aromatic carbocycles. The molecular weight excluding hydrogens is 443 g/mol. The van der Waals surface area contributed by atoms with E-state index in [0.29, 0.717) is 55.1 Å². The number of benzene rings is 1. The molecule has 0 bridgehead atoms. The molecule has 2 aliphatic heterocycles. The first-order valence-electron chi connectivity index (χ1n) is 10.8. The molecule has 3 aromatic rings. The number of carbonyl (C=O) groups is 1. The number of hydrogen-bond acceptors (Lipinski definition) is 9. The lowest BCUT2D eigenvalue weighted by Crippen LogP contribution is -2.55. The smallest absolute Gasteiger partial charge is 0.268 e. The lowest BCUT2D eigenvalue weighted by atomic mass is 9.99. The zero-order chi connectivity index (χ0) is 23.7. The fourth-order valence-electron chi connectivity index (χ4n) is 3.81. The van der Waals surface area contributed by atoms with Crippen molar-refractivity contribution in [3.8, 4) is 17.4 Å². The molecule has 10 nitrogen and oxygen atoms in total. The Balaban J connectivity index is 1.16.